The normalized spacial score (nSPS) is 16.3. The number of guanidine groups is 1. The minimum atomic E-state index is -0.0695. The lowest BCUT2D eigenvalue weighted by Gasteiger charge is -2.22. The summed E-state index contributed by atoms with van der Waals surface area (Å²) in [6, 6.07) is 7.78. The predicted octanol–water partition coefficient (Wildman–Crippen LogP) is 3.71. The molecule has 1 aromatic carbocycles. The van der Waals surface area contributed by atoms with E-state index in [0.717, 1.165) is 36.2 Å². The summed E-state index contributed by atoms with van der Waals surface area (Å²) < 4.78 is 5.57. The predicted molar refractivity (Wildman–Crippen MR) is 103 cm³/mol. The Hall–Kier alpha value is -0.530. The summed E-state index contributed by atoms with van der Waals surface area (Å²) in [5.74, 6) is 0.985. The maximum absolute atomic E-state index is 6.05. The first-order valence-electron chi connectivity index (χ1n) is 7.56. The number of hydrogen-bond acceptors (Lipinski definition) is 2. The molecule has 0 aromatic heterocycles. The van der Waals surface area contributed by atoms with E-state index >= 15 is 0 Å². The fourth-order valence-electron chi connectivity index (χ4n) is 2.55. The van der Waals surface area contributed by atoms with Gasteiger partial charge in [0.2, 0.25) is 0 Å². The Labute approximate surface area is 155 Å². The number of nitrogens with zero attached hydrogens (tertiary/aromatic N) is 2. The summed E-state index contributed by atoms with van der Waals surface area (Å²) in [4.78, 5) is 7.05. The van der Waals surface area contributed by atoms with E-state index in [2.05, 4.69) is 17.1 Å². The monoisotopic (exact) mass is 437 g/mol. The number of ether oxygens (including phenoxy) is 1. The summed E-state index contributed by atoms with van der Waals surface area (Å²) >= 11 is 6.05. The average Bonchev–Trinajstić information content (AvgIpc) is 3.01. The molecule has 0 radical (unpaired) electrons. The van der Waals surface area contributed by atoms with Crippen molar-refractivity contribution in [3.8, 4) is 0 Å². The molecule has 0 spiro atoms. The number of halogens is 2. The van der Waals surface area contributed by atoms with E-state index in [9.17, 15) is 0 Å². The molecule has 2 rings (SSSR count). The van der Waals surface area contributed by atoms with E-state index in [-0.39, 0.29) is 30.1 Å². The first-order valence-corrected chi connectivity index (χ1v) is 7.94. The largest absolute Gasteiger partial charge is 0.375 e. The lowest BCUT2D eigenvalue weighted by Crippen LogP contribution is -2.39. The Morgan fingerprint density at radius 1 is 1.41 bits per heavy atom. The number of methoxy groups -OCH3 is 1. The van der Waals surface area contributed by atoms with Crippen LogP contribution in [0.5, 0.6) is 0 Å². The lowest BCUT2D eigenvalue weighted by atomic mass is 10.1. The standard InChI is InChI=1S/C16H24ClN3O.HI/c1-3-18-16(20-9-4-5-10-20)19-12-15(21-2)13-7-6-8-14(17)11-13;/h6-8,11,15H,3-5,9-10,12H2,1-2H3,(H,18,19);1H. The molecular weight excluding hydrogens is 413 g/mol. The number of benzene rings is 1. The van der Waals surface area contributed by atoms with E-state index in [1.54, 1.807) is 7.11 Å². The third kappa shape index (κ3) is 5.59. The second-order valence-corrected chi connectivity index (χ2v) is 5.60. The van der Waals surface area contributed by atoms with Gasteiger partial charge in [-0.15, -0.1) is 24.0 Å². The molecule has 6 heteroatoms. The van der Waals surface area contributed by atoms with Crippen LogP contribution in [0.4, 0.5) is 0 Å². The van der Waals surface area contributed by atoms with Gasteiger partial charge in [-0.05, 0) is 37.5 Å². The fraction of sp³-hybridized carbons (Fsp3) is 0.562. The molecule has 0 saturated carbocycles. The molecule has 1 saturated heterocycles. The summed E-state index contributed by atoms with van der Waals surface area (Å²) in [6.07, 6.45) is 2.42. The van der Waals surface area contributed by atoms with Crippen LogP contribution in [0.1, 0.15) is 31.4 Å². The highest BCUT2D eigenvalue weighted by Gasteiger charge is 2.17. The number of likely N-dealkylation sites (tertiary alicyclic amines) is 1. The van der Waals surface area contributed by atoms with Crippen LogP contribution in [-0.2, 0) is 4.74 Å². The van der Waals surface area contributed by atoms with Gasteiger partial charge in [0.15, 0.2) is 5.96 Å². The van der Waals surface area contributed by atoms with Crippen molar-refractivity contribution in [2.45, 2.75) is 25.9 Å². The Morgan fingerprint density at radius 2 is 2.14 bits per heavy atom. The van der Waals surface area contributed by atoms with Gasteiger partial charge in [0.05, 0.1) is 6.54 Å². The van der Waals surface area contributed by atoms with Crippen LogP contribution in [-0.4, -0.2) is 44.1 Å². The molecule has 0 amide bonds. The fourth-order valence-corrected chi connectivity index (χ4v) is 2.75. The summed E-state index contributed by atoms with van der Waals surface area (Å²) in [6.45, 7) is 5.73. The minimum Gasteiger partial charge on any atom is -0.375 e. The van der Waals surface area contributed by atoms with Crippen LogP contribution < -0.4 is 5.32 Å². The molecule has 1 fully saturated rings. The number of nitrogens with one attached hydrogen (secondary N) is 1. The second-order valence-electron chi connectivity index (χ2n) is 5.17. The van der Waals surface area contributed by atoms with Crippen LogP contribution in [0.2, 0.25) is 5.02 Å². The SMILES string of the molecule is CCNC(=NCC(OC)c1cccc(Cl)c1)N1CCCC1.I. The molecule has 1 aromatic rings. The maximum Gasteiger partial charge on any atom is 0.194 e. The molecule has 1 aliphatic rings. The van der Waals surface area contributed by atoms with Crippen LogP contribution >= 0.6 is 35.6 Å². The van der Waals surface area contributed by atoms with E-state index in [1.807, 2.05) is 24.3 Å². The van der Waals surface area contributed by atoms with Crippen molar-refractivity contribution < 1.29 is 4.74 Å². The molecular formula is C16H25ClIN3O. The van der Waals surface area contributed by atoms with Crippen LogP contribution in [0, 0.1) is 0 Å². The zero-order valence-corrected chi connectivity index (χ0v) is 16.3. The first kappa shape index (κ1) is 19.5. The molecule has 1 heterocycles. The second kappa shape index (κ2) is 10.3. The highest BCUT2D eigenvalue weighted by Crippen LogP contribution is 2.21. The van der Waals surface area contributed by atoms with Gasteiger partial charge in [0.1, 0.15) is 6.10 Å². The first-order chi connectivity index (χ1) is 10.2. The van der Waals surface area contributed by atoms with Crippen molar-refractivity contribution in [2.24, 2.45) is 4.99 Å². The number of hydrogen-bond donors (Lipinski definition) is 1. The number of rotatable bonds is 5. The van der Waals surface area contributed by atoms with Crippen molar-refractivity contribution in [3.05, 3.63) is 34.9 Å². The van der Waals surface area contributed by atoms with Crippen LogP contribution in [0.25, 0.3) is 0 Å². The highest BCUT2D eigenvalue weighted by molar-refractivity contribution is 14.0. The molecule has 22 heavy (non-hydrogen) atoms. The van der Waals surface area contributed by atoms with Gasteiger partial charge in [0.25, 0.3) is 0 Å². The smallest absolute Gasteiger partial charge is 0.194 e. The van der Waals surface area contributed by atoms with E-state index in [4.69, 9.17) is 21.3 Å². The van der Waals surface area contributed by atoms with Crippen molar-refractivity contribution in [3.63, 3.8) is 0 Å². The average molecular weight is 438 g/mol. The minimum absolute atomic E-state index is 0. The zero-order valence-electron chi connectivity index (χ0n) is 13.2. The van der Waals surface area contributed by atoms with Gasteiger partial charge in [0, 0.05) is 31.8 Å². The Bertz CT molecular complexity index is 478. The van der Waals surface area contributed by atoms with Gasteiger partial charge >= 0.3 is 0 Å². The maximum atomic E-state index is 6.05. The van der Waals surface area contributed by atoms with Crippen LogP contribution in [0.15, 0.2) is 29.3 Å². The Balaban J connectivity index is 0.00000242. The zero-order chi connectivity index (χ0) is 15.1. The number of aliphatic imine (C=N–C) groups is 1. The Morgan fingerprint density at radius 3 is 2.73 bits per heavy atom. The van der Waals surface area contributed by atoms with Gasteiger partial charge in [-0.2, -0.15) is 0 Å². The van der Waals surface area contributed by atoms with Gasteiger partial charge < -0.3 is 15.0 Å². The highest BCUT2D eigenvalue weighted by atomic mass is 127. The van der Waals surface area contributed by atoms with E-state index in [1.165, 1.54) is 12.8 Å². The third-order valence-electron chi connectivity index (χ3n) is 3.65. The molecule has 1 aliphatic heterocycles. The van der Waals surface area contributed by atoms with Gasteiger partial charge in [-0.1, -0.05) is 23.7 Å². The molecule has 4 nitrogen and oxygen atoms in total. The Kier molecular flexibility index (Phi) is 9.12. The van der Waals surface area contributed by atoms with Crippen LogP contribution in [0.3, 0.4) is 0 Å². The van der Waals surface area contributed by atoms with E-state index in [0.29, 0.717) is 6.54 Å². The summed E-state index contributed by atoms with van der Waals surface area (Å²) in [5.41, 5.74) is 1.06. The molecule has 0 aliphatic carbocycles. The quantitative estimate of drug-likeness (QED) is 0.433. The van der Waals surface area contributed by atoms with Crippen molar-refractivity contribution in [1.29, 1.82) is 0 Å². The third-order valence-corrected chi connectivity index (χ3v) is 3.89. The van der Waals surface area contributed by atoms with E-state index < -0.39 is 0 Å². The topological polar surface area (TPSA) is 36.9 Å². The van der Waals surface area contributed by atoms with Gasteiger partial charge in [-0.3, -0.25) is 4.99 Å². The van der Waals surface area contributed by atoms with Crippen molar-refractivity contribution in [2.75, 3.05) is 33.3 Å². The lowest BCUT2D eigenvalue weighted by molar-refractivity contribution is 0.110. The summed E-state index contributed by atoms with van der Waals surface area (Å²) in [7, 11) is 1.71. The van der Waals surface area contributed by atoms with Crippen molar-refractivity contribution >= 4 is 41.5 Å². The van der Waals surface area contributed by atoms with Gasteiger partial charge in [-0.25, -0.2) is 0 Å². The molecule has 1 N–H and O–H groups in total. The molecule has 0 bridgehead atoms. The summed E-state index contributed by atoms with van der Waals surface area (Å²) in [5, 5.41) is 4.09. The molecule has 1 unspecified atom stereocenters. The molecule has 124 valence electrons. The van der Waals surface area contributed by atoms with Crippen molar-refractivity contribution in [1.82, 2.24) is 10.2 Å². The molecule has 1 atom stereocenters.